The Morgan fingerprint density at radius 2 is 2.00 bits per heavy atom. The van der Waals surface area contributed by atoms with E-state index < -0.39 is 0 Å². The van der Waals surface area contributed by atoms with Gasteiger partial charge in [-0.25, -0.2) is 4.39 Å². The van der Waals surface area contributed by atoms with Crippen LogP contribution in [0.15, 0.2) is 29.3 Å². The number of hydrogen-bond donors (Lipinski definition) is 3. The third-order valence-electron chi connectivity index (χ3n) is 3.68. The molecule has 1 aromatic rings. The number of halogens is 1. The molecule has 0 bridgehead atoms. The summed E-state index contributed by atoms with van der Waals surface area (Å²) in [5.41, 5.74) is 0.687. The quantitative estimate of drug-likeness (QED) is 0.387. The first-order chi connectivity index (χ1) is 11.2. The highest BCUT2D eigenvalue weighted by Gasteiger charge is 2.22. The van der Waals surface area contributed by atoms with Crippen LogP contribution in [0.5, 0.6) is 0 Å². The van der Waals surface area contributed by atoms with Crippen LogP contribution in [0.2, 0.25) is 0 Å². The van der Waals surface area contributed by atoms with Crippen molar-refractivity contribution in [3.05, 3.63) is 35.6 Å². The van der Waals surface area contributed by atoms with Gasteiger partial charge >= 0.3 is 0 Å². The smallest absolute Gasteiger partial charge is 0.220 e. The van der Waals surface area contributed by atoms with Gasteiger partial charge in [0.15, 0.2) is 5.96 Å². The number of carbonyl (C=O) groups is 1. The lowest BCUT2D eigenvalue weighted by Crippen LogP contribution is -2.39. The van der Waals surface area contributed by atoms with Gasteiger partial charge in [0.2, 0.25) is 5.91 Å². The van der Waals surface area contributed by atoms with Crippen molar-refractivity contribution in [1.29, 1.82) is 0 Å². The molecule has 1 amide bonds. The average molecular weight is 320 g/mol. The first kappa shape index (κ1) is 17.2. The van der Waals surface area contributed by atoms with Gasteiger partial charge < -0.3 is 16.0 Å². The van der Waals surface area contributed by atoms with Crippen molar-refractivity contribution in [2.45, 2.75) is 38.1 Å². The maximum Gasteiger partial charge on any atom is 0.220 e. The molecule has 1 fully saturated rings. The van der Waals surface area contributed by atoms with E-state index in [1.54, 1.807) is 19.2 Å². The summed E-state index contributed by atoms with van der Waals surface area (Å²) in [6.45, 7) is 1.28. The van der Waals surface area contributed by atoms with E-state index in [0.29, 0.717) is 43.5 Å². The van der Waals surface area contributed by atoms with E-state index in [4.69, 9.17) is 0 Å². The summed E-state index contributed by atoms with van der Waals surface area (Å²) in [6, 6.07) is 7.19. The maximum atomic E-state index is 13.5. The highest BCUT2D eigenvalue weighted by atomic mass is 19.1. The van der Waals surface area contributed by atoms with Crippen LogP contribution in [-0.2, 0) is 11.2 Å². The van der Waals surface area contributed by atoms with Crippen LogP contribution in [0.3, 0.4) is 0 Å². The monoisotopic (exact) mass is 320 g/mol. The topological polar surface area (TPSA) is 65.5 Å². The maximum absolute atomic E-state index is 13.5. The molecule has 0 aliphatic heterocycles. The molecule has 23 heavy (non-hydrogen) atoms. The van der Waals surface area contributed by atoms with E-state index in [-0.39, 0.29) is 11.7 Å². The molecule has 126 valence electrons. The van der Waals surface area contributed by atoms with Crippen molar-refractivity contribution in [2.75, 3.05) is 20.1 Å². The fourth-order valence-electron chi connectivity index (χ4n) is 2.22. The zero-order chi connectivity index (χ0) is 16.5. The van der Waals surface area contributed by atoms with Crippen LogP contribution in [0.25, 0.3) is 0 Å². The summed E-state index contributed by atoms with van der Waals surface area (Å²) < 4.78 is 13.5. The van der Waals surface area contributed by atoms with Crippen molar-refractivity contribution in [1.82, 2.24) is 16.0 Å². The van der Waals surface area contributed by atoms with E-state index in [2.05, 4.69) is 20.9 Å². The predicted octanol–water partition coefficient (Wildman–Crippen LogP) is 1.59. The van der Waals surface area contributed by atoms with E-state index >= 15 is 0 Å². The van der Waals surface area contributed by atoms with Crippen molar-refractivity contribution in [2.24, 2.45) is 4.99 Å². The molecule has 0 spiro atoms. The van der Waals surface area contributed by atoms with Gasteiger partial charge in [0.05, 0.1) is 0 Å². The molecule has 1 aliphatic rings. The summed E-state index contributed by atoms with van der Waals surface area (Å²) in [7, 11) is 1.69. The van der Waals surface area contributed by atoms with Gasteiger partial charge in [0.25, 0.3) is 0 Å². The molecule has 3 N–H and O–H groups in total. The highest BCUT2D eigenvalue weighted by molar-refractivity contribution is 5.80. The van der Waals surface area contributed by atoms with Gasteiger partial charge in [-0.1, -0.05) is 18.2 Å². The van der Waals surface area contributed by atoms with E-state index in [1.165, 1.54) is 6.07 Å². The molecule has 0 aromatic heterocycles. The molecule has 0 atom stereocenters. The lowest BCUT2D eigenvalue weighted by Gasteiger charge is -2.12. The second-order valence-electron chi connectivity index (χ2n) is 5.71. The van der Waals surface area contributed by atoms with Crippen LogP contribution in [-0.4, -0.2) is 38.0 Å². The van der Waals surface area contributed by atoms with Crippen LogP contribution < -0.4 is 16.0 Å². The summed E-state index contributed by atoms with van der Waals surface area (Å²) in [5.74, 6) is 0.611. The van der Waals surface area contributed by atoms with Crippen LogP contribution in [0.4, 0.5) is 4.39 Å². The van der Waals surface area contributed by atoms with Gasteiger partial charge in [-0.15, -0.1) is 0 Å². The first-order valence-electron chi connectivity index (χ1n) is 8.16. The summed E-state index contributed by atoms with van der Waals surface area (Å²) in [4.78, 5) is 15.7. The number of hydrogen-bond acceptors (Lipinski definition) is 2. The Kier molecular flexibility index (Phi) is 6.84. The Balaban J connectivity index is 1.57. The zero-order valence-electron chi connectivity index (χ0n) is 13.6. The van der Waals surface area contributed by atoms with E-state index in [9.17, 15) is 9.18 Å². The Morgan fingerprint density at radius 3 is 2.70 bits per heavy atom. The third kappa shape index (κ3) is 6.67. The fraction of sp³-hybridized carbons (Fsp3) is 0.529. The zero-order valence-corrected chi connectivity index (χ0v) is 13.6. The minimum atomic E-state index is -0.182. The number of nitrogens with one attached hydrogen (secondary N) is 3. The summed E-state index contributed by atoms with van der Waals surface area (Å²) >= 11 is 0. The van der Waals surface area contributed by atoms with Crippen LogP contribution in [0, 0.1) is 5.82 Å². The first-order valence-corrected chi connectivity index (χ1v) is 8.16. The molecule has 5 nitrogen and oxygen atoms in total. The number of nitrogens with zero attached hydrogens (tertiary/aromatic N) is 1. The molecule has 0 unspecified atom stereocenters. The fourth-order valence-corrected chi connectivity index (χ4v) is 2.22. The Bertz CT molecular complexity index is 543. The summed E-state index contributed by atoms with van der Waals surface area (Å²) in [6.07, 6.45) is 4.10. The molecular weight excluding hydrogens is 295 g/mol. The van der Waals surface area contributed by atoms with E-state index in [0.717, 1.165) is 19.3 Å². The van der Waals surface area contributed by atoms with Gasteiger partial charge in [0.1, 0.15) is 5.82 Å². The number of benzene rings is 1. The molecule has 1 saturated carbocycles. The Labute approximate surface area is 136 Å². The third-order valence-corrected chi connectivity index (χ3v) is 3.68. The van der Waals surface area contributed by atoms with Gasteiger partial charge in [-0.3, -0.25) is 9.79 Å². The molecule has 1 aromatic carbocycles. The lowest BCUT2D eigenvalue weighted by molar-refractivity contribution is -0.121. The Morgan fingerprint density at radius 1 is 1.26 bits per heavy atom. The lowest BCUT2D eigenvalue weighted by atomic mass is 10.1. The van der Waals surface area contributed by atoms with Gasteiger partial charge in [0, 0.05) is 32.6 Å². The van der Waals surface area contributed by atoms with Crippen LogP contribution in [0.1, 0.15) is 31.2 Å². The van der Waals surface area contributed by atoms with E-state index in [1.807, 2.05) is 6.07 Å². The highest BCUT2D eigenvalue weighted by Crippen LogP contribution is 2.18. The SMILES string of the molecule is CN=C(NCCCC(=O)NC1CC1)NCCc1ccccc1F. The molecule has 0 heterocycles. The second-order valence-corrected chi connectivity index (χ2v) is 5.71. The van der Waals surface area contributed by atoms with Gasteiger partial charge in [-0.2, -0.15) is 0 Å². The molecule has 0 saturated heterocycles. The minimum Gasteiger partial charge on any atom is -0.356 e. The van der Waals surface area contributed by atoms with Crippen molar-refractivity contribution in [3.8, 4) is 0 Å². The molecule has 0 radical (unpaired) electrons. The average Bonchev–Trinajstić information content (AvgIpc) is 3.35. The van der Waals surface area contributed by atoms with Crippen molar-refractivity contribution in [3.63, 3.8) is 0 Å². The molecular formula is C17H25FN4O. The normalized spacial score (nSPS) is 14.4. The Hall–Kier alpha value is -2.11. The number of aliphatic imine (C=N–C) groups is 1. The minimum absolute atomic E-state index is 0.122. The molecule has 1 aliphatic carbocycles. The standard InChI is InChI=1S/C17H25FN4O/c1-19-17(20-11-4-7-16(23)22-14-8-9-14)21-12-10-13-5-2-3-6-15(13)18/h2-3,5-6,14H,4,7-12H2,1H3,(H,22,23)(H2,19,20,21). The van der Waals surface area contributed by atoms with Crippen molar-refractivity contribution < 1.29 is 9.18 Å². The van der Waals surface area contributed by atoms with Crippen molar-refractivity contribution >= 4 is 11.9 Å². The largest absolute Gasteiger partial charge is 0.356 e. The molecule has 6 heteroatoms. The van der Waals surface area contributed by atoms with Gasteiger partial charge in [-0.05, 0) is 37.3 Å². The number of amides is 1. The number of guanidine groups is 1. The second kappa shape index (κ2) is 9.12. The predicted molar refractivity (Wildman–Crippen MR) is 89.9 cm³/mol. The number of rotatable bonds is 8. The van der Waals surface area contributed by atoms with Crippen LogP contribution >= 0.6 is 0 Å². The molecule has 2 rings (SSSR count). The number of carbonyl (C=O) groups excluding carboxylic acids is 1. The summed E-state index contributed by atoms with van der Waals surface area (Å²) in [5, 5.41) is 9.27.